The molecule has 1 fully saturated rings. The number of nitrogens with one attached hydrogen (secondary N) is 1. The SMILES string of the molecule is Fc1ccc(SCCC2CNC2)c(F)c1. The monoisotopic (exact) mass is 229 g/mol. The topological polar surface area (TPSA) is 12.0 Å². The van der Waals surface area contributed by atoms with Gasteiger partial charge in [0.15, 0.2) is 0 Å². The first kappa shape index (κ1) is 10.9. The van der Waals surface area contributed by atoms with Gasteiger partial charge in [0, 0.05) is 11.0 Å². The van der Waals surface area contributed by atoms with E-state index in [2.05, 4.69) is 5.32 Å². The van der Waals surface area contributed by atoms with E-state index in [9.17, 15) is 8.78 Å². The predicted octanol–water partition coefficient (Wildman–Crippen LogP) is 2.67. The molecule has 0 bridgehead atoms. The highest BCUT2D eigenvalue weighted by Gasteiger charge is 2.16. The zero-order valence-corrected chi connectivity index (χ0v) is 9.12. The van der Waals surface area contributed by atoms with Gasteiger partial charge in [0.05, 0.1) is 0 Å². The minimum absolute atomic E-state index is 0.452. The van der Waals surface area contributed by atoms with Crippen LogP contribution in [0.3, 0.4) is 0 Å². The van der Waals surface area contributed by atoms with Crippen LogP contribution in [0, 0.1) is 17.6 Å². The van der Waals surface area contributed by atoms with Crippen LogP contribution in [0.25, 0.3) is 0 Å². The zero-order valence-electron chi connectivity index (χ0n) is 8.30. The van der Waals surface area contributed by atoms with Gasteiger partial charge in [0.2, 0.25) is 0 Å². The van der Waals surface area contributed by atoms with Crippen molar-refractivity contribution in [1.82, 2.24) is 5.32 Å². The van der Waals surface area contributed by atoms with Crippen LogP contribution in [0.1, 0.15) is 6.42 Å². The summed E-state index contributed by atoms with van der Waals surface area (Å²) in [5.41, 5.74) is 0. The Hall–Kier alpha value is -0.610. The van der Waals surface area contributed by atoms with E-state index >= 15 is 0 Å². The second-order valence-corrected chi connectivity index (χ2v) is 4.87. The van der Waals surface area contributed by atoms with Crippen LogP contribution in [-0.4, -0.2) is 18.8 Å². The Kier molecular flexibility index (Phi) is 3.59. The third-order valence-corrected chi connectivity index (χ3v) is 3.63. The summed E-state index contributed by atoms with van der Waals surface area (Å²) in [5.74, 6) is 0.669. The summed E-state index contributed by atoms with van der Waals surface area (Å²) in [5, 5.41) is 3.20. The number of rotatable bonds is 4. The number of hydrogen-bond donors (Lipinski definition) is 1. The van der Waals surface area contributed by atoms with Crippen LogP contribution in [-0.2, 0) is 0 Å². The van der Waals surface area contributed by atoms with E-state index < -0.39 is 11.6 Å². The molecule has 1 N–H and O–H groups in total. The average molecular weight is 229 g/mol. The van der Waals surface area contributed by atoms with Gasteiger partial charge in [-0.25, -0.2) is 8.78 Å². The van der Waals surface area contributed by atoms with Gasteiger partial charge in [-0.3, -0.25) is 0 Å². The van der Waals surface area contributed by atoms with Crippen LogP contribution >= 0.6 is 11.8 Å². The zero-order chi connectivity index (χ0) is 10.7. The average Bonchev–Trinajstić information content (AvgIpc) is 2.12. The Labute approximate surface area is 92.3 Å². The number of benzene rings is 1. The third kappa shape index (κ3) is 2.92. The summed E-state index contributed by atoms with van der Waals surface area (Å²) in [6.45, 7) is 2.15. The fraction of sp³-hybridized carbons (Fsp3) is 0.455. The molecule has 1 aliphatic rings. The molecule has 0 spiro atoms. The van der Waals surface area contributed by atoms with Crippen molar-refractivity contribution < 1.29 is 8.78 Å². The molecule has 82 valence electrons. The summed E-state index contributed by atoms with van der Waals surface area (Å²) in [7, 11) is 0. The molecule has 0 radical (unpaired) electrons. The maximum absolute atomic E-state index is 13.2. The summed E-state index contributed by atoms with van der Waals surface area (Å²) in [6.07, 6.45) is 1.09. The molecule has 0 atom stereocenters. The molecule has 1 nitrogen and oxygen atoms in total. The molecule has 0 unspecified atom stereocenters. The van der Waals surface area contributed by atoms with Crippen molar-refractivity contribution in [3.63, 3.8) is 0 Å². The summed E-state index contributed by atoms with van der Waals surface area (Å²) < 4.78 is 25.8. The van der Waals surface area contributed by atoms with E-state index in [-0.39, 0.29) is 0 Å². The standard InChI is InChI=1S/C11H13F2NS/c12-9-1-2-11(10(13)5-9)15-4-3-8-6-14-7-8/h1-2,5,8,14H,3-4,6-7H2. The second-order valence-electron chi connectivity index (χ2n) is 3.74. The molecular weight excluding hydrogens is 216 g/mol. The van der Waals surface area contributed by atoms with Gasteiger partial charge in [-0.05, 0) is 43.3 Å². The Morgan fingerprint density at radius 2 is 2.13 bits per heavy atom. The molecule has 1 heterocycles. The molecule has 0 amide bonds. The Bertz CT molecular complexity index is 339. The van der Waals surface area contributed by atoms with E-state index in [0.29, 0.717) is 4.90 Å². The van der Waals surface area contributed by atoms with Crippen LogP contribution < -0.4 is 5.32 Å². The van der Waals surface area contributed by atoms with Gasteiger partial charge in [-0.2, -0.15) is 0 Å². The normalized spacial score (nSPS) is 16.4. The lowest BCUT2D eigenvalue weighted by Gasteiger charge is -2.26. The molecule has 2 rings (SSSR count). The molecular formula is C11H13F2NS. The lowest BCUT2D eigenvalue weighted by molar-refractivity contribution is 0.341. The molecule has 4 heteroatoms. The number of thioether (sulfide) groups is 1. The summed E-state index contributed by atoms with van der Waals surface area (Å²) in [6, 6.07) is 3.75. The molecule has 1 aromatic rings. The first-order valence-corrected chi connectivity index (χ1v) is 6.03. The van der Waals surface area contributed by atoms with E-state index in [0.717, 1.165) is 37.2 Å². The molecule has 15 heavy (non-hydrogen) atoms. The fourth-order valence-corrected chi connectivity index (χ4v) is 2.51. The van der Waals surface area contributed by atoms with Crippen molar-refractivity contribution in [2.24, 2.45) is 5.92 Å². The van der Waals surface area contributed by atoms with Crippen molar-refractivity contribution in [2.75, 3.05) is 18.8 Å². The summed E-state index contributed by atoms with van der Waals surface area (Å²) >= 11 is 1.46. The Morgan fingerprint density at radius 3 is 2.73 bits per heavy atom. The van der Waals surface area contributed by atoms with E-state index in [1.54, 1.807) is 0 Å². The van der Waals surface area contributed by atoms with Crippen LogP contribution in [0.2, 0.25) is 0 Å². The highest BCUT2D eigenvalue weighted by molar-refractivity contribution is 7.99. The van der Waals surface area contributed by atoms with Crippen molar-refractivity contribution in [3.8, 4) is 0 Å². The maximum Gasteiger partial charge on any atom is 0.139 e. The molecule has 0 aliphatic carbocycles. The quantitative estimate of drug-likeness (QED) is 0.797. The van der Waals surface area contributed by atoms with E-state index in [1.165, 1.54) is 23.9 Å². The lowest BCUT2D eigenvalue weighted by Crippen LogP contribution is -2.42. The first-order chi connectivity index (χ1) is 7.25. The fourth-order valence-electron chi connectivity index (χ4n) is 1.48. The number of halogens is 2. The first-order valence-electron chi connectivity index (χ1n) is 5.04. The van der Waals surface area contributed by atoms with Crippen LogP contribution in [0.4, 0.5) is 8.78 Å². The van der Waals surface area contributed by atoms with Crippen LogP contribution in [0.15, 0.2) is 23.1 Å². The van der Waals surface area contributed by atoms with E-state index in [4.69, 9.17) is 0 Å². The smallest absolute Gasteiger partial charge is 0.139 e. The van der Waals surface area contributed by atoms with Crippen molar-refractivity contribution in [3.05, 3.63) is 29.8 Å². The number of hydrogen-bond acceptors (Lipinski definition) is 2. The Morgan fingerprint density at radius 1 is 1.33 bits per heavy atom. The molecule has 1 aromatic carbocycles. The van der Waals surface area contributed by atoms with Crippen molar-refractivity contribution in [1.29, 1.82) is 0 Å². The lowest BCUT2D eigenvalue weighted by atomic mass is 10.0. The Balaban J connectivity index is 1.81. The molecule has 1 aliphatic heterocycles. The van der Waals surface area contributed by atoms with E-state index in [1.807, 2.05) is 0 Å². The highest BCUT2D eigenvalue weighted by Crippen LogP contribution is 2.24. The predicted molar refractivity (Wildman–Crippen MR) is 58.1 cm³/mol. The van der Waals surface area contributed by atoms with Gasteiger partial charge in [-0.1, -0.05) is 0 Å². The van der Waals surface area contributed by atoms with Crippen molar-refractivity contribution >= 4 is 11.8 Å². The minimum atomic E-state index is -0.514. The van der Waals surface area contributed by atoms with Gasteiger partial charge >= 0.3 is 0 Å². The highest BCUT2D eigenvalue weighted by atomic mass is 32.2. The van der Waals surface area contributed by atoms with Gasteiger partial charge in [-0.15, -0.1) is 11.8 Å². The van der Waals surface area contributed by atoms with Gasteiger partial charge in [0.1, 0.15) is 11.6 Å². The van der Waals surface area contributed by atoms with Crippen molar-refractivity contribution in [2.45, 2.75) is 11.3 Å². The maximum atomic E-state index is 13.2. The minimum Gasteiger partial charge on any atom is -0.316 e. The molecule has 0 saturated carbocycles. The largest absolute Gasteiger partial charge is 0.316 e. The van der Waals surface area contributed by atoms with Crippen LogP contribution in [0.5, 0.6) is 0 Å². The second kappa shape index (κ2) is 4.94. The van der Waals surface area contributed by atoms with Gasteiger partial charge < -0.3 is 5.32 Å². The third-order valence-electron chi connectivity index (χ3n) is 2.54. The van der Waals surface area contributed by atoms with Gasteiger partial charge in [0.25, 0.3) is 0 Å². The summed E-state index contributed by atoms with van der Waals surface area (Å²) in [4.78, 5) is 0.545. The molecule has 1 saturated heterocycles. The molecule has 0 aromatic heterocycles.